The van der Waals surface area contributed by atoms with Gasteiger partial charge in [0.25, 0.3) is 0 Å². The lowest BCUT2D eigenvalue weighted by molar-refractivity contribution is -0.131. The molecule has 4 aliphatic rings. The zero-order valence-electron chi connectivity index (χ0n) is 19.2. The van der Waals surface area contributed by atoms with Crippen molar-refractivity contribution in [2.75, 3.05) is 12.4 Å². The van der Waals surface area contributed by atoms with Gasteiger partial charge in [-0.2, -0.15) is 0 Å². The van der Waals surface area contributed by atoms with Gasteiger partial charge >= 0.3 is 0 Å². The van der Waals surface area contributed by atoms with Crippen LogP contribution in [0.15, 0.2) is 30.3 Å². The Balaban J connectivity index is 1.33. The highest BCUT2D eigenvalue weighted by Crippen LogP contribution is 2.65. The molecule has 0 aliphatic heterocycles. The molecule has 1 aromatic carbocycles. The number of fused-ring (bicyclic) bond motifs is 7. The molecule has 0 bridgehead atoms. The standard InChI is InChI=1S/C27H32N2O2S/c1-26-15-13-22-24(29-25(32-22)28-20-6-4-5-7-21(20)31-3)19(26)9-8-16-17-10-11-23(30)27(17,2)14-12-18(16)26/h4-7,9,16-18H,8,10-15H2,1-3H3,(H,28,29)/t16-,17-,18-,26+,27-/m0/s1. The molecule has 0 saturated heterocycles. The van der Waals surface area contributed by atoms with Crippen LogP contribution in [0.4, 0.5) is 10.8 Å². The Morgan fingerprint density at radius 3 is 2.75 bits per heavy atom. The van der Waals surface area contributed by atoms with Gasteiger partial charge in [0.1, 0.15) is 11.5 Å². The number of benzene rings is 1. The summed E-state index contributed by atoms with van der Waals surface area (Å²) in [4.78, 5) is 19.2. The predicted molar refractivity (Wildman–Crippen MR) is 129 cm³/mol. The van der Waals surface area contributed by atoms with Gasteiger partial charge < -0.3 is 10.1 Å². The van der Waals surface area contributed by atoms with E-state index in [4.69, 9.17) is 9.72 Å². The van der Waals surface area contributed by atoms with Crippen molar-refractivity contribution < 1.29 is 9.53 Å². The summed E-state index contributed by atoms with van der Waals surface area (Å²) in [5, 5.41) is 4.45. The van der Waals surface area contributed by atoms with E-state index >= 15 is 0 Å². The minimum Gasteiger partial charge on any atom is -0.495 e. The fourth-order valence-electron chi connectivity index (χ4n) is 7.57. The molecule has 5 atom stereocenters. The largest absolute Gasteiger partial charge is 0.495 e. The van der Waals surface area contributed by atoms with Crippen molar-refractivity contribution in [2.24, 2.45) is 28.6 Å². The highest BCUT2D eigenvalue weighted by molar-refractivity contribution is 7.15. The monoisotopic (exact) mass is 448 g/mol. The number of thiazole rings is 1. The molecule has 2 fully saturated rings. The highest BCUT2D eigenvalue weighted by atomic mass is 32.1. The predicted octanol–water partition coefficient (Wildman–Crippen LogP) is 6.65. The number of rotatable bonds is 3. The highest BCUT2D eigenvalue weighted by Gasteiger charge is 2.58. The van der Waals surface area contributed by atoms with Crippen LogP contribution in [-0.4, -0.2) is 17.9 Å². The maximum atomic E-state index is 12.7. The van der Waals surface area contributed by atoms with Gasteiger partial charge in [-0.05, 0) is 79.4 Å². The number of para-hydroxylation sites is 2. The van der Waals surface area contributed by atoms with E-state index in [-0.39, 0.29) is 10.8 Å². The summed E-state index contributed by atoms with van der Waals surface area (Å²) in [5.41, 5.74) is 3.76. The Labute approximate surface area is 194 Å². The first-order valence-corrected chi connectivity index (χ1v) is 12.9. The van der Waals surface area contributed by atoms with Gasteiger partial charge in [-0.15, -0.1) is 11.3 Å². The lowest BCUT2D eigenvalue weighted by Gasteiger charge is -2.55. The van der Waals surface area contributed by atoms with Crippen LogP contribution in [0.5, 0.6) is 5.75 Å². The van der Waals surface area contributed by atoms with E-state index in [1.165, 1.54) is 29.0 Å². The number of aromatic nitrogens is 1. The first-order chi connectivity index (χ1) is 15.4. The molecule has 2 saturated carbocycles. The zero-order valence-corrected chi connectivity index (χ0v) is 20.1. The lowest BCUT2D eigenvalue weighted by atomic mass is 9.48. The number of ketones is 1. The van der Waals surface area contributed by atoms with E-state index in [9.17, 15) is 4.79 Å². The van der Waals surface area contributed by atoms with Crippen molar-refractivity contribution in [1.29, 1.82) is 0 Å². The number of nitrogens with zero attached hydrogens (tertiary/aromatic N) is 1. The van der Waals surface area contributed by atoms with Gasteiger partial charge in [0.05, 0.1) is 18.5 Å². The summed E-state index contributed by atoms with van der Waals surface area (Å²) >= 11 is 1.78. The van der Waals surface area contributed by atoms with Gasteiger partial charge in [0.2, 0.25) is 0 Å². The Hall–Kier alpha value is -2.14. The van der Waals surface area contributed by atoms with Crippen LogP contribution in [0.1, 0.15) is 62.9 Å². The summed E-state index contributed by atoms with van der Waals surface area (Å²) < 4.78 is 5.51. The number of anilines is 2. The first-order valence-electron chi connectivity index (χ1n) is 12.1. The number of hydrogen-bond donors (Lipinski definition) is 1. The van der Waals surface area contributed by atoms with Gasteiger partial charge in [0.15, 0.2) is 5.13 Å². The molecular weight excluding hydrogens is 416 g/mol. The average molecular weight is 449 g/mol. The SMILES string of the molecule is COc1ccccc1Nc1nc2c(s1)CC[C@@]1(C)C2=CC[C@@H]2[C@@H]1CC[C@]1(C)C(=O)CC[C@@H]21. The van der Waals surface area contributed by atoms with Crippen LogP contribution < -0.4 is 10.1 Å². The number of carbonyl (C=O) groups is 1. The number of allylic oxidation sites excluding steroid dienone is 2. The van der Waals surface area contributed by atoms with Crippen LogP contribution in [0.3, 0.4) is 0 Å². The minimum atomic E-state index is -0.0604. The van der Waals surface area contributed by atoms with E-state index in [0.29, 0.717) is 23.5 Å². The first kappa shape index (κ1) is 20.5. The molecule has 1 aromatic heterocycles. The fraction of sp³-hybridized carbons (Fsp3) is 0.556. The molecule has 1 N–H and O–H groups in total. The molecule has 2 aromatic rings. The van der Waals surface area contributed by atoms with Crippen LogP contribution >= 0.6 is 11.3 Å². The third-order valence-corrected chi connectivity index (χ3v) is 10.4. The average Bonchev–Trinajstić information content (AvgIpc) is 3.34. The molecule has 1 heterocycles. The van der Waals surface area contributed by atoms with Crippen molar-refractivity contribution in [3.63, 3.8) is 0 Å². The third kappa shape index (κ3) is 2.79. The summed E-state index contributed by atoms with van der Waals surface area (Å²) in [6, 6.07) is 8.01. The van der Waals surface area contributed by atoms with Crippen LogP contribution in [0, 0.1) is 28.6 Å². The van der Waals surface area contributed by atoms with Crippen molar-refractivity contribution in [3.8, 4) is 5.75 Å². The smallest absolute Gasteiger partial charge is 0.188 e. The Morgan fingerprint density at radius 2 is 1.91 bits per heavy atom. The van der Waals surface area contributed by atoms with Gasteiger partial charge in [0, 0.05) is 16.7 Å². The van der Waals surface area contributed by atoms with Crippen LogP contribution in [0.25, 0.3) is 5.57 Å². The van der Waals surface area contributed by atoms with Crippen molar-refractivity contribution in [1.82, 2.24) is 4.98 Å². The molecule has 4 nitrogen and oxygen atoms in total. The van der Waals surface area contributed by atoms with Crippen LogP contribution in [-0.2, 0) is 11.2 Å². The third-order valence-electron chi connectivity index (χ3n) is 9.35. The number of carbonyl (C=O) groups excluding carboxylic acids is 1. The van der Waals surface area contributed by atoms with Crippen molar-refractivity contribution in [3.05, 3.63) is 40.9 Å². The van der Waals surface area contributed by atoms with E-state index in [1.807, 2.05) is 24.3 Å². The number of nitrogens with one attached hydrogen (secondary N) is 1. The number of hydrogen-bond acceptors (Lipinski definition) is 5. The Kier molecular flexibility index (Phi) is 4.59. The minimum absolute atomic E-state index is 0.0604. The molecule has 6 rings (SSSR count). The molecular formula is C27H32N2O2S. The van der Waals surface area contributed by atoms with Gasteiger partial charge in [-0.3, -0.25) is 4.79 Å². The van der Waals surface area contributed by atoms with Gasteiger partial charge in [-0.25, -0.2) is 4.98 Å². The second-order valence-corrected chi connectivity index (χ2v) is 11.8. The second-order valence-electron chi connectivity index (χ2n) is 10.7. The Morgan fingerprint density at radius 1 is 1.09 bits per heavy atom. The summed E-state index contributed by atoms with van der Waals surface area (Å²) in [6.07, 6.45) is 10.1. The summed E-state index contributed by atoms with van der Waals surface area (Å²) in [6.45, 7) is 4.75. The quantitative estimate of drug-likeness (QED) is 0.571. The number of ether oxygens (including phenoxy) is 1. The topological polar surface area (TPSA) is 51.2 Å². The lowest BCUT2D eigenvalue weighted by Crippen LogP contribution is -2.49. The van der Waals surface area contributed by atoms with E-state index in [0.717, 1.165) is 48.7 Å². The molecule has 32 heavy (non-hydrogen) atoms. The maximum Gasteiger partial charge on any atom is 0.188 e. The fourth-order valence-corrected chi connectivity index (χ4v) is 8.56. The van der Waals surface area contributed by atoms with Gasteiger partial charge in [-0.1, -0.05) is 32.1 Å². The van der Waals surface area contributed by atoms with E-state index in [1.54, 1.807) is 18.4 Å². The second kappa shape index (κ2) is 7.18. The zero-order chi connectivity index (χ0) is 22.1. The molecule has 4 aliphatic carbocycles. The normalized spacial score (nSPS) is 35.3. The molecule has 0 amide bonds. The van der Waals surface area contributed by atoms with Crippen molar-refractivity contribution in [2.45, 2.75) is 58.8 Å². The number of aryl methyl sites for hydroxylation is 1. The van der Waals surface area contributed by atoms with E-state index < -0.39 is 0 Å². The maximum absolute atomic E-state index is 12.7. The molecule has 0 radical (unpaired) electrons. The molecule has 0 spiro atoms. The molecule has 168 valence electrons. The molecule has 5 heteroatoms. The van der Waals surface area contributed by atoms with Crippen molar-refractivity contribution >= 4 is 33.5 Å². The van der Waals surface area contributed by atoms with E-state index in [2.05, 4.69) is 25.2 Å². The Bertz CT molecular complexity index is 1120. The van der Waals surface area contributed by atoms with Crippen LogP contribution in [0.2, 0.25) is 0 Å². The molecule has 0 unspecified atom stereocenters. The number of Topliss-reactive ketones (excluding diaryl/α,β-unsaturated/α-hetero) is 1. The summed E-state index contributed by atoms with van der Waals surface area (Å²) in [7, 11) is 1.70. The number of methoxy groups -OCH3 is 1. The summed E-state index contributed by atoms with van der Waals surface area (Å²) in [5.74, 6) is 3.26.